The highest BCUT2D eigenvalue weighted by atomic mass is 16.5. The first-order valence-electron chi connectivity index (χ1n) is 9.26. The molecule has 152 valence electrons. The number of nitrogens with zero attached hydrogens (tertiary/aromatic N) is 4. The van der Waals surface area contributed by atoms with Crippen molar-refractivity contribution in [2.45, 2.75) is 27.3 Å². The first-order chi connectivity index (χ1) is 14.3. The van der Waals surface area contributed by atoms with Crippen LogP contribution in [-0.2, 0) is 6.54 Å². The summed E-state index contributed by atoms with van der Waals surface area (Å²) in [5.41, 5.74) is 14.9. The number of primary amides is 2. The number of fused-ring (bicyclic) bond motifs is 1. The third-order valence-corrected chi connectivity index (χ3v) is 4.99. The number of hydrogen-bond donors (Lipinski definition) is 2. The van der Waals surface area contributed by atoms with E-state index in [0.717, 1.165) is 5.69 Å². The van der Waals surface area contributed by atoms with Crippen molar-refractivity contribution in [3.05, 3.63) is 64.4 Å². The number of pyridine rings is 1. The predicted octanol–water partition coefficient (Wildman–Crippen LogP) is 2.26. The molecule has 0 atom stereocenters. The number of para-hydroxylation sites is 1. The Morgan fingerprint density at radius 3 is 2.43 bits per heavy atom. The van der Waals surface area contributed by atoms with E-state index in [4.69, 9.17) is 16.0 Å². The van der Waals surface area contributed by atoms with Crippen LogP contribution < -0.4 is 11.5 Å². The van der Waals surface area contributed by atoms with Crippen LogP contribution in [0.5, 0.6) is 0 Å². The van der Waals surface area contributed by atoms with Gasteiger partial charge in [-0.25, -0.2) is 4.98 Å². The molecular formula is C21H20N6O3. The minimum atomic E-state index is -0.753. The number of aryl methyl sites for hydroxylation is 2. The Kier molecular flexibility index (Phi) is 4.57. The molecule has 1 aromatic carbocycles. The van der Waals surface area contributed by atoms with Gasteiger partial charge in [-0.3, -0.25) is 14.3 Å². The Morgan fingerprint density at radius 2 is 1.80 bits per heavy atom. The maximum absolute atomic E-state index is 12.5. The Bertz CT molecular complexity index is 1320. The smallest absolute Gasteiger partial charge is 0.267 e. The van der Waals surface area contributed by atoms with E-state index in [9.17, 15) is 9.59 Å². The van der Waals surface area contributed by atoms with E-state index in [-0.39, 0.29) is 11.3 Å². The molecular weight excluding hydrogens is 384 g/mol. The van der Waals surface area contributed by atoms with Crippen LogP contribution >= 0.6 is 0 Å². The van der Waals surface area contributed by atoms with Crippen molar-refractivity contribution in [3.8, 4) is 11.1 Å². The second-order valence-electron chi connectivity index (χ2n) is 7.09. The van der Waals surface area contributed by atoms with Crippen molar-refractivity contribution >= 4 is 22.7 Å². The summed E-state index contributed by atoms with van der Waals surface area (Å²) in [5.74, 6) is -0.737. The van der Waals surface area contributed by atoms with Gasteiger partial charge in [0.05, 0.1) is 23.3 Å². The molecule has 0 radical (unpaired) electrons. The van der Waals surface area contributed by atoms with Gasteiger partial charge in [0, 0.05) is 28.3 Å². The van der Waals surface area contributed by atoms with Crippen molar-refractivity contribution in [3.63, 3.8) is 0 Å². The summed E-state index contributed by atoms with van der Waals surface area (Å²) < 4.78 is 6.85. The van der Waals surface area contributed by atoms with Gasteiger partial charge in [0.15, 0.2) is 0 Å². The fourth-order valence-corrected chi connectivity index (χ4v) is 3.75. The third-order valence-electron chi connectivity index (χ3n) is 4.99. The molecule has 0 bridgehead atoms. The largest absolute Gasteiger partial charge is 0.366 e. The first-order valence-corrected chi connectivity index (χ1v) is 9.26. The number of rotatable bonds is 5. The predicted molar refractivity (Wildman–Crippen MR) is 110 cm³/mol. The number of benzene rings is 1. The second kappa shape index (κ2) is 7.11. The molecule has 0 fully saturated rings. The summed E-state index contributed by atoms with van der Waals surface area (Å²) in [7, 11) is 0. The van der Waals surface area contributed by atoms with Crippen molar-refractivity contribution in [2.75, 3.05) is 0 Å². The topological polar surface area (TPSA) is 143 Å². The average Bonchev–Trinajstić information content (AvgIpc) is 3.22. The van der Waals surface area contributed by atoms with Gasteiger partial charge in [0.25, 0.3) is 5.91 Å². The Labute approximate surface area is 171 Å². The molecule has 0 aliphatic carbocycles. The fraction of sp³-hybridized carbons (Fsp3) is 0.190. The number of nitrogens with two attached hydrogens (primary N) is 2. The van der Waals surface area contributed by atoms with E-state index in [1.807, 2.05) is 19.9 Å². The molecule has 0 unspecified atom stereocenters. The van der Waals surface area contributed by atoms with E-state index < -0.39 is 11.8 Å². The summed E-state index contributed by atoms with van der Waals surface area (Å²) >= 11 is 0. The van der Waals surface area contributed by atoms with Gasteiger partial charge < -0.3 is 16.0 Å². The van der Waals surface area contributed by atoms with Crippen molar-refractivity contribution in [1.29, 1.82) is 0 Å². The van der Waals surface area contributed by atoms with Crippen LogP contribution in [0, 0.1) is 20.8 Å². The van der Waals surface area contributed by atoms with Crippen LogP contribution in [0.1, 0.15) is 43.7 Å². The maximum atomic E-state index is 12.5. The van der Waals surface area contributed by atoms with Crippen LogP contribution in [0.25, 0.3) is 22.0 Å². The lowest BCUT2D eigenvalue weighted by Gasteiger charge is -2.14. The zero-order valence-electron chi connectivity index (χ0n) is 16.8. The number of aromatic nitrogens is 4. The van der Waals surface area contributed by atoms with Crippen molar-refractivity contribution in [2.24, 2.45) is 11.5 Å². The van der Waals surface area contributed by atoms with Crippen LogP contribution in [0.3, 0.4) is 0 Å². The highest BCUT2D eigenvalue weighted by molar-refractivity contribution is 6.15. The van der Waals surface area contributed by atoms with Gasteiger partial charge >= 0.3 is 0 Å². The standard InChI is InChI=1S/C21H20N6O3/c1-10-8-13(26-30-10)9-27-12(3)16(11(2)25-27)18-17(20(22)28)14-6-4-5-7-15(14)24-19(18)21(23)29/h4-8H,9H2,1-3H3,(H2,22,28)(H2,23,29). The lowest BCUT2D eigenvalue weighted by molar-refractivity contribution is 0.0996. The Hall–Kier alpha value is -4.01. The highest BCUT2D eigenvalue weighted by Crippen LogP contribution is 2.36. The summed E-state index contributed by atoms with van der Waals surface area (Å²) in [6, 6.07) is 8.80. The lowest BCUT2D eigenvalue weighted by atomic mass is 9.92. The molecule has 0 aliphatic heterocycles. The van der Waals surface area contributed by atoms with Crippen LogP contribution in [-0.4, -0.2) is 31.7 Å². The molecule has 0 aliphatic rings. The molecule has 0 saturated heterocycles. The highest BCUT2D eigenvalue weighted by Gasteiger charge is 2.27. The molecule has 0 saturated carbocycles. The molecule has 4 N–H and O–H groups in total. The molecule has 3 heterocycles. The third kappa shape index (κ3) is 3.10. The molecule has 9 heteroatoms. The quantitative estimate of drug-likeness (QED) is 0.522. The van der Waals surface area contributed by atoms with Gasteiger partial charge in [0.1, 0.15) is 17.1 Å². The van der Waals surface area contributed by atoms with E-state index in [0.29, 0.717) is 45.7 Å². The molecule has 4 aromatic rings. The molecule has 0 spiro atoms. The number of carbonyl (C=O) groups is 2. The normalized spacial score (nSPS) is 11.2. The Balaban J connectivity index is 2.01. The molecule has 2 amide bonds. The van der Waals surface area contributed by atoms with Crippen molar-refractivity contribution < 1.29 is 14.1 Å². The first kappa shape index (κ1) is 19.3. The number of hydrogen-bond acceptors (Lipinski definition) is 6. The van der Waals surface area contributed by atoms with Crippen LogP contribution in [0.15, 0.2) is 34.9 Å². The zero-order valence-corrected chi connectivity index (χ0v) is 16.8. The molecule has 4 rings (SSSR count). The minimum absolute atomic E-state index is 0.0227. The van der Waals surface area contributed by atoms with Crippen LogP contribution in [0.2, 0.25) is 0 Å². The number of amides is 2. The average molecular weight is 404 g/mol. The van der Waals surface area contributed by atoms with Gasteiger partial charge in [-0.1, -0.05) is 23.4 Å². The van der Waals surface area contributed by atoms with Gasteiger partial charge in [0.2, 0.25) is 5.91 Å². The summed E-state index contributed by atoms with van der Waals surface area (Å²) in [6.07, 6.45) is 0. The van der Waals surface area contributed by atoms with Gasteiger partial charge in [-0.15, -0.1) is 0 Å². The molecule has 9 nitrogen and oxygen atoms in total. The van der Waals surface area contributed by atoms with E-state index >= 15 is 0 Å². The van der Waals surface area contributed by atoms with Gasteiger partial charge in [-0.05, 0) is 26.8 Å². The second-order valence-corrected chi connectivity index (χ2v) is 7.09. The van der Waals surface area contributed by atoms with E-state index in [1.165, 1.54) is 0 Å². The SMILES string of the molecule is Cc1cc(Cn2nc(C)c(-c3c(C(N)=O)nc4ccccc4c3C(N)=O)c2C)no1. The van der Waals surface area contributed by atoms with Gasteiger partial charge in [-0.2, -0.15) is 5.10 Å². The monoisotopic (exact) mass is 404 g/mol. The number of carbonyl (C=O) groups excluding carboxylic acids is 2. The minimum Gasteiger partial charge on any atom is -0.366 e. The molecule has 30 heavy (non-hydrogen) atoms. The zero-order chi connectivity index (χ0) is 21.6. The van der Waals surface area contributed by atoms with E-state index in [1.54, 1.807) is 35.9 Å². The summed E-state index contributed by atoms with van der Waals surface area (Å²) in [5, 5.41) is 9.12. The Morgan fingerprint density at radius 1 is 1.07 bits per heavy atom. The van der Waals surface area contributed by atoms with Crippen LogP contribution in [0.4, 0.5) is 0 Å². The fourth-order valence-electron chi connectivity index (χ4n) is 3.75. The summed E-state index contributed by atoms with van der Waals surface area (Å²) in [6.45, 7) is 5.80. The maximum Gasteiger partial charge on any atom is 0.267 e. The summed E-state index contributed by atoms with van der Waals surface area (Å²) in [4.78, 5) is 29.2. The molecule has 3 aromatic heterocycles. The lowest BCUT2D eigenvalue weighted by Crippen LogP contribution is -2.21. The van der Waals surface area contributed by atoms with E-state index in [2.05, 4.69) is 15.2 Å². The van der Waals surface area contributed by atoms with Crippen molar-refractivity contribution in [1.82, 2.24) is 19.9 Å².